The molecular weight excluding hydrogens is 314 g/mol. The van der Waals surface area contributed by atoms with Gasteiger partial charge in [-0.3, -0.25) is 0 Å². The number of ether oxygens (including phenoxy) is 2. The zero-order valence-corrected chi connectivity index (χ0v) is 14.5. The molecule has 0 atom stereocenters. The van der Waals surface area contributed by atoms with Gasteiger partial charge in [0.1, 0.15) is 5.75 Å². The normalized spacial score (nSPS) is 14.7. The van der Waals surface area contributed by atoms with Crippen molar-refractivity contribution >= 4 is 16.9 Å². The van der Waals surface area contributed by atoms with Gasteiger partial charge in [-0.2, -0.15) is 0 Å². The molecule has 0 saturated carbocycles. The lowest BCUT2D eigenvalue weighted by Crippen LogP contribution is -2.37. The van der Waals surface area contributed by atoms with E-state index in [-0.39, 0.29) is 0 Å². The number of rotatable bonds is 3. The molecule has 4 rings (SSSR count). The van der Waals surface area contributed by atoms with Crippen LogP contribution in [0.2, 0.25) is 0 Å². The van der Waals surface area contributed by atoms with Crippen LogP contribution in [0.3, 0.4) is 0 Å². The molecule has 2 aromatic carbocycles. The molecule has 0 bridgehead atoms. The maximum Gasteiger partial charge on any atom is 0.263 e. The van der Waals surface area contributed by atoms with Crippen molar-refractivity contribution in [1.82, 2.24) is 9.97 Å². The number of nitrogens with zero attached hydrogens (tertiary/aromatic N) is 3. The van der Waals surface area contributed by atoms with Crippen LogP contribution < -0.4 is 9.64 Å². The lowest BCUT2D eigenvalue weighted by Gasteiger charge is -2.28. The number of fused-ring (bicyclic) bond motifs is 1. The van der Waals surface area contributed by atoms with Crippen LogP contribution in [0.25, 0.3) is 11.0 Å². The Morgan fingerprint density at radius 1 is 0.960 bits per heavy atom. The second-order valence-corrected chi connectivity index (χ2v) is 6.31. The number of aryl methyl sites for hydroxylation is 2. The molecular formula is C20H21N3O2. The summed E-state index contributed by atoms with van der Waals surface area (Å²) < 4.78 is 11.7. The second kappa shape index (κ2) is 6.69. The molecule has 0 spiro atoms. The fraction of sp³-hybridized carbons (Fsp3) is 0.300. The van der Waals surface area contributed by atoms with Crippen molar-refractivity contribution < 1.29 is 9.47 Å². The van der Waals surface area contributed by atoms with Crippen molar-refractivity contribution in [3.8, 4) is 11.6 Å². The van der Waals surface area contributed by atoms with E-state index < -0.39 is 0 Å². The fourth-order valence-corrected chi connectivity index (χ4v) is 2.95. The third kappa shape index (κ3) is 3.28. The van der Waals surface area contributed by atoms with Gasteiger partial charge in [-0.25, -0.2) is 9.97 Å². The van der Waals surface area contributed by atoms with Crippen LogP contribution in [0.5, 0.6) is 11.6 Å². The highest BCUT2D eigenvalue weighted by Crippen LogP contribution is 2.33. The summed E-state index contributed by atoms with van der Waals surface area (Å²) in [5, 5.41) is 0. The summed E-state index contributed by atoms with van der Waals surface area (Å²) in [7, 11) is 0. The predicted octanol–water partition coefficient (Wildman–Crippen LogP) is 3.88. The highest BCUT2D eigenvalue weighted by atomic mass is 16.5. The van der Waals surface area contributed by atoms with Crippen LogP contribution in [0.15, 0.2) is 42.5 Å². The van der Waals surface area contributed by atoms with E-state index in [1.165, 1.54) is 0 Å². The number of aromatic nitrogens is 2. The van der Waals surface area contributed by atoms with Crippen LogP contribution in [-0.4, -0.2) is 36.3 Å². The van der Waals surface area contributed by atoms with Gasteiger partial charge in [0, 0.05) is 13.1 Å². The minimum absolute atomic E-state index is 0.550. The van der Waals surface area contributed by atoms with E-state index in [0.717, 1.165) is 46.8 Å². The van der Waals surface area contributed by atoms with Gasteiger partial charge in [-0.1, -0.05) is 24.3 Å². The quantitative estimate of drug-likeness (QED) is 0.727. The Balaban J connectivity index is 1.80. The zero-order chi connectivity index (χ0) is 17.2. The first-order valence-electron chi connectivity index (χ1n) is 8.55. The minimum atomic E-state index is 0.550. The van der Waals surface area contributed by atoms with E-state index in [2.05, 4.69) is 24.0 Å². The molecule has 2 heterocycles. The lowest BCUT2D eigenvalue weighted by molar-refractivity contribution is 0.122. The van der Waals surface area contributed by atoms with E-state index in [4.69, 9.17) is 19.4 Å². The topological polar surface area (TPSA) is 47.5 Å². The van der Waals surface area contributed by atoms with Gasteiger partial charge in [-0.05, 0) is 43.2 Å². The molecule has 0 unspecified atom stereocenters. The van der Waals surface area contributed by atoms with Crippen molar-refractivity contribution in [2.24, 2.45) is 0 Å². The summed E-state index contributed by atoms with van der Waals surface area (Å²) in [6.07, 6.45) is 0. The molecule has 0 N–H and O–H groups in total. The number of hydrogen-bond acceptors (Lipinski definition) is 5. The summed E-state index contributed by atoms with van der Waals surface area (Å²) in [4.78, 5) is 11.8. The fourth-order valence-electron chi connectivity index (χ4n) is 2.95. The summed E-state index contributed by atoms with van der Waals surface area (Å²) in [5.74, 6) is 2.15. The lowest BCUT2D eigenvalue weighted by atomic mass is 10.1. The van der Waals surface area contributed by atoms with E-state index in [1.807, 2.05) is 37.3 Å². The van der Waals surface area contributed by atoms with Crippen LogP contribution in [0, 0.1) is 13.8 Å². The average Bonchev–Trinajstić information content (AvgIpc) is 2.65. The Morgan fingerprint density at radius 3 is 2.44 bits per heavy atom. The third-order valence-electron chi connectivity index (χ3n) is 4.38. The standard InChI is InChI=1S/C20H21N3O2/c1-14-7-8-15(2)18(13-14)25-20-19(23-9-11-24-12-10-23)21-16-5-3-4-6-17(16)22-20/h3-8,13H,9-12H2,1-2H3. The SMILES string of the molecule is Cc1ccc(C)c(Oc2nc3ccccc3nc2N2CCOCC2)c1. The molecule has 1 aliphatic heterocycles. The van der Waals surface area contributed by atoms with Crippen molar-refractivity contribution in [3.05, 3.63) is 53.6 Å². The van der Waals surface area contributed by atoms with Gasteiger partial charge in [0.05, 0.1) is 24.2 Å². The predicted molar refractivity (Wildman–Crippen MR) is 98.6 cm³/mol. The molecule has 0 radical (unpaired) electrons. The van der Waals surface area contributed by atoms with Gasteiger partial charge in [-0.15, -0.1) is 0 Å². The average molecular weight is 335 g/mol. The van der Waals surface area contributed by atoms with Crippen LogP contribution in [0.4, 0.5) is 5.82 Å². The van der Waals surface area contributed by atoms with Crippen LogP contribution >= 0.6 is 0 Å². The summed E-state index contributed by atoms with van der Waals surface area (Å²) >= 11 is 0. The smallest absolute Gasteiger partial charge is 0.263 e. The van der Waals surface area contributed by atoms with Gasteiger partial charge < -0.3 is 14.4 Å². The Morgan fingerprint density at radius 2 is 1.68 bits per heavy atom. The molecule has 5 nitrogen and oxygen atoms in total. The van der Waals surface area contributed by atoms with Crippen molar-refractivity contribution in [3.63, 3.8) is 0 Å². The summed E-state index contributed by atoms with van der Waals surface area (Å²) in [6.45, 7) is 7.06. The van der Waals surface area contributed by atoms with E-state index in [0.29, 0.717) is 19.1 Å². The zero-order valence-electron chi connectivity index (χ0n) is 14.5. The first-order valence-corrected chi connectivity index (χ1v) is 8.55. The monoisotopic (exact) mass is 335 g/mol. The molecule has 128 valence electrons. The molecule has 0 aliphatic carbocycles. The van der Waals surface area contributed by atoms with Crippen LogP contribution in [-0.2, 0) is 4.74 Å². The van der Waals surface area contributed by atoms with E-state index in [1.54, 1.807) is 0 Å². The molecule has 1 aliphatic rings. The van der Waals surface area contributed by atoms with Crippen molar-refractivity contribution in [2.75, 3.05) is 31.2 Å². The van der Waals surface area contributed by atoms with Crippen molar-refractivity contribution in [1.29, 1.82) is 0 Å². The number of anilines is 1. The molecule has 5 heteroatoms. The first kappa shape index (κ1) is 15.8. The van der Waals surface area contributed by atoms with Gasteiger partial charge in [0.15, 0.2) is 5.82 Å². The molecule has 3 aromatic rings. The number of morpholine rings is 1. The van der Waals surface area contributed by atoms with Crippen molar-refractivity contribution in [2.45, 2.75) is 13.8 Å². The first-order chi connectivity index (χ1) is 12.2. The Hall–Kier alpha value is -2.66. The molecule has 1 aromatic heterocycles. The largest absolute Gasteiger partial charge is 0.436 e. The Kier molecular flexibility index (Phi) is 4.24. The minimum Gasteiger partial charge on any atom is -0.436 e. The maximum absolute atomic E-state index is 6.23. The second-order valence-electron chi connectivity index (χ2n) is 6.31. The van der Waals surface area contributed by atoms with E-state index >= 15 is 0 Å². The molecule has 25 heavy (non-hydrogen) atoms. The maximum atomic E-state index is 6.23. The number of benzene rings is 2. The number of para-hydroxylation sites is 2. The molecule has 0 amide bonds. The molecule has 1 fully saturated rings. The van der Waals surface area contributed by atoms with Gasteiger partial charge in [0.25, 0.3) is 5.88 Å². The summed E-state index contributed by atoms with van der Waals surface area (Å²) in [5.41, 5.74) is 3.94. The Labute approximate surface area is 147 Å². The van der Waals surface area contributed by atoms with Crippen LogP contribution in [0.1, 0.15) is 11.1 Å². The molecule has 1 saturated heterocycles. The third-order valence-corrected chi connectivity index (χ3v) is 4.38. The van der Waals surface area contributed by atoms with Gasteiger partial charge in [0.2, 0.25) is 0 Å². The highest BCUT2D eigenvalue weighted by molar-refractivity contribution is 5.77. The highest BCUT2D eigenvalue weighted by Gasteiger charge is 2.20. The summed E-state index contributed by atoms with van der Waals surface area (Å²) in [6, 6.07) is 14.1. The van der Waals surface area contributed by atoms with E-state index in [9.17, 15) is 0 Å². The Bertz CT molecular complexity index is 905. The number of hydrogen-bond donors (Lipinski definition) is 0. The van der Waals surface area contributed by atoms with Gasteiger partial charge >= 0.3 is 0 Å².